The molecule has 7 nitrogen and oxygen atoms in total. The number of aromatic amines is 1. The van der Waals surface area contributed by atoms with E-state index in [0.29, 0.717) is 18.7 Å². The Morgan fingerprint density at radius 3 is 2.41 bits per heavy atom. The molecular formula is C25H30N4O3. The molecule has 0 aliphatic carbocycles. The average molecular weight is 435 g/mol. The molecule has 32 heavy (non-hydrogen) atoms. The first-order valence-corrected chi connectivity index (χ1v) is 11.2. The van der Waals surface area contributed by atoms with E-state index in [9.17, 15) is 9.59 Å². The van der Waals surface area contributed by atoms with Crippen molar-refractivity contribution in [2.75, 3.05) is 44.6 Å². The molecule has 1 saturated heterocycles. The molecule has 1 fully saturated rings. The fraction of sp³-hybridized carbons (Fsp3) is 0.360. The molecule has 0 bridgehead atoms. The standard InChI is InChI=1S/C25H30N4O3/c1-2-32-25(31)24-23(20-10-6-7-11-21(20)26-24)27-22(30)12-13-28-14-16-29(17-15-28)18-19-8-4-3-5-9-19/h3-11,26H,2,12-18H2,1H3,(H,27,30). The van der Waals surface area contributed by atoms with Gasteiger partial charge in [-0.25, -0.2) is 4.79 Å². The van der Waals surface area contributed by atoms with Gasteiger partial charge in [-0.2, -0.15) is 0 Å². The Labute approximate surface area is 188 Å². The average Bonchev–Trinajstić information content (AvgIpc) is 3.18. The van der Waals surface area contributed by atoms with Gasteiger partial charge in [0.1, 0.15) is 5.69 Å². The van der Waals surface area contributed by atoms with Gasteiger partial charge in [-0.3, -0.25) is 9.69 Å². The number of esters is 1. The van der Waals surface area contributed by atoms with Gasteiger partial charge in [0.05, 0.1) is 12.3 Å². The van der Waals surface area contributed by atoms with Crippen LogP contribution in [0.15, 0.2) is 54.6 Å². The maximum absolute atomic E-state index is 12.7. The predicted molar refractivity (Wildman–Crippen MR) is 126 cm³/mol. The van der Waals surface area contributed by atoms with Crippen molar-refractivity contribution >= 4 is 28.5 Å². The Kier molecular flexibility index (Phi) is 7.19. The molecule has 2 aromatic carbocycles. The number of benzene rings is 2. The van der Waals surface area contributed by atoms with E-state index in [1.54, 1.807) is 6.92 Å². The summed E-state index contributed by atoms with van der Waals surface area (Å²) in [6.45, 7) is 7.57. The van der Waals surface area contributed by atoms with Gasteiger partial charge in [0, 0.05) is 56.6 Å². The summed E-state index contributed by atoms with van der Waals surface area (Å²) in [5.74, 6) is -0.569. The molecule has 3 aromatic rings. The van der Waals surface area contributed by atoms with Crippen LogP contribution in [-0.4, -0.2) is 66.0 Å². The van der Waals surface area contributed by atoms with Crippen LogP contribution in [0.1, 0.15) is 29.4 Å². The molecule has 0 spiro atoms. The number of H-pyrrole nitrogens is 1. The van der Waals surface area contributed by atoms with E-state index < -0.39 is 5.97 Å². The van der Waals surface area contributed by atoms with Crippen molar-refractivity contribution in [3.63, 3.8) is 0 Å². The highest BCUT2D eigenvalue weighted by Gasteiger charge is 2.22. The Balaban J connectivity index is 1.31. The first kappa shape index (κ1) is 22.0. The Bertz CT molecular complexity index is 1060. The third kappa shape index (κ3) is 5.36. The minimum Gasteiger partial charge on any atom is -0.461 e. The normalized spacial score (nSPS) is 15.0. The Hall–Kier alpha value is -3.16. The molecule has 1 amide bonds. The number of carbonyl (C=O) groups excluding carboxylic acids is 2. The number of hydrogen-bond donors (Lipinski definition) is 2. The Morgan fingerprint density at radius 2 is 1.66 bits per heavy atom. The van der Waals surface area contributed by atoms with Crippen LogP contribution in [0.3, 0.4) is 0 Å². The fourth-order valence-electron chi connectivity index (χ4n) is 4.10. The van der Waals surface area contributed by atoms with Crippen molar-refractivity contribution < 1.29 is 14.3 Å². The number of ether oxygens (including phenoxy) is 1. The number of para-hydroxylation sites is 1. The van der Waals surface area contributed by atoms with Crippen molar-refractivity contribution in [3.05, 3.63) is 65.9 Å². The molecule has 1 aliphatic heterocycles. The zero-order valence-corrected chi connectivity index (χ0v) is 18.5. The fourth-order valence-corrected chi connectivity index (χ4v) is 4.10. The van der Waals surface area contributed by atoms with E-state index in [4.69, 9.17) is 4.74 Å². The summed E-state index contributed by atoms with van der Waals surface area (Å²) in [5, 5.41) is 3.75. The minimum absolute atomic E-state index is 0.105. The zero-order valence-electron chi connectivity index (χ0n) is 18.5. The van der Waals surface area contributed by atoms with Gasteiger partial charge < -0.3 is 19.9 Å². The first-order chi connectivity index (χ1) is 15.6. The summed E-state index contributed by atoms with van der Waals surface area (Å²) in [5.41, 5.74) is 2.91. The van der Waals surface area contributed by atoms with Crippen LogP contribution in [0, 0.1) is 0 Å². The van der Waals surface area contributed by atoms with Gasteiger partial charge >= 0.3 is 5.97 Å². The van der Waals surface area contributed by atoms with Crippen LogP contribution < -0.4 is 5.32 Å². The molecule has 2 heterocycles. The molecule has 0 atom stereocenters. The van der Waals surface area contributed by atoms with Gasteiger partial charge in [-0.05, 0) is 18.6 Å². The monoisotopic (exact) mass is 434 g/mol. The second-order valence-electron chi connectivity index (χ2n) is 8.04. The summed E-state index contributed by atoms with van der Waals surface area (Å²) in [7, 11) is 0. The van der Waals surface area contributed by atoms with Crippen LogP contribution in [-0.2, 0) is 16.1 Å². The van der Waals surface area contributed by atoms with E-state index in [2.05, 4.69) is 44.4 Å². The summed E-state index contributed by atoms with van der Waals surface area (Å²) >= 11 is 0. The highest BCUT2D eigenvalue weighted by atomic mass is 16.5. The number of nitrogens with one attached hydrogen (secondary N) is 2. The Morgan fingerprint density at radius 1 is 0.969 bits per heavy atom. The quantitative estimate of drug-likeness (QED) is 0.531. The van der Waals surface area contributed by atoms with Crippen molar-refractivity contribution in [2.24, 2.45) is 0 Å². The third-order valence-electron chi connectivity index (χ3n) is 5.82. The van der Waals surface area contributed by atoms with Crippen LogP contribution in [0.25, 0.3) is 10.9 Å². The second-order valence-corrected chi connectivity index (χ2v) is 8.04. The second kappa shape index (κ2) is 10.4. The molecule has 0 radical (unpaired) electrons. The number of nitrogens with zero attached hydrogens (tertiary/aromatic N) is 2. The maximum atomic E-state index is 12.7. The number of carbonyl (C=O) groups is 2. The number of aromatic nitrogens is 1. The molecule has 1 aliphatic rings. The largest absolute Gasteiger partial charge is 0.461 e. The van der Waals surface area contributed by atoms with Crippen molar-refractivity contribution in [3.8, 4) is 0 Å². The SMILES string of the molecule is CCOC(=O)c1[nH]c2ccccc2c1NC(=O)CCN1CCN(Cc2ccccc2)CC1. The lowest BCUT2D eigenvalue weighted by molar-refractivity contribution is -0.116. The predicted octanol–water partition coefficient (Wildman–Crippen LogP) is 3.49. The number of rotatable bonds is 8. The number of piperazine rings is 1. The molecule has 168 valence electrons. The highest BCUT2D eigenvalue weighted by molar-refractivity contribution is 6.10. The van der Waals surface area contributed by atoms with E-state index >= 15 is 0 Å². The molecule has 0 saturated carbocycles. The molecule has 4 rings (SSSR count). The van der Waals surface area contributed by atoms with Crippen molar-refractivity contribution in [2.45, 2.75) is 19.9 Å². The van der Waals surface area contributed by atoms with Crippen LogP contribution >= 0.6 is 0 Å². The van der Waals surface area contributed by atoms with E-state index in [1.165, 1.54) is 5.56 Å². The third-order valence-corrected chi connectivity index (χ3v) is 5.82. The number of hydrogen-bond acceptors (Lipinski definition) is 5. The summed E-state index contributed by atoms with van der Waals surface area (Å²) < 4.78 is 5.15. The van der Waals surface area contributed by atoms with Gasteiger partial charge in [0.25, 0.3) is 0 Å². The highest BCUT2D eigenvalue weighted by Crippen LogP contribution is 2.28. The maximum Gasteiger partial charge on any atom is 0.356 e. The first-order valence-electron chi connectivity index (χ1n) is 11.2. The van der Waals surface area contributed by atoms with Crippen LogP contribution in [0.4, 0.5) is 5.69 Å². The lowest BCUT2D eigenvalue weighted by Gasteiger charge is -2.34. The van der Waals surface area contributed by atoms with Crippen molar-refractivity contribution in [1.29, 1.82) is 0 Å². The summed E-state index contributed by atoms with van der Waals surface area (Å²) in [6.07, 6.45) is 0.375. The lowest BCUT2D eigenvalue weighted by atomic mass is 10.2. The van der Waals surface area contributed by atoms with Crippen LogP contribution in [0.2, 0.25) is 0 Å². The van der Waals surface area contributed by atoms with Crippen LogP contribution in [0.5, 0.6) is 0 Å². The summed E-state index contributed by atoms with van der Waals surface area (Å²) in [4.78, 5) is 32.9. The van der Waals surface area contributed by atoms with Crippen molar-refractivity contribution in [1.82, 2.24) is 14.8 Å². The van der Waals surface area contributed by atoms with E-state index in [0.717, 1.165) is 43.6 Å². The van der Waals surface area contributed by atoms with Gasteiger partial charge in [0.15, 0.2) is 0 Å². The molecule has 7 heteroatoms. The lowest BCUT2D eigenvalue weighted by Crippen LogP contribution is -2.46. The van der Waals surface area contributed by atoms with E-state index in [1.807, 2.05) is 30.3 Å². The number of amides is 1. The topological polar surface area (TPSA) is 77.7 Å². The number of fused-ring (bicyclic) bond motifs is 1. The summed E-state index contributed by atoms with van der Waals surface area (Å²) in [6, 6.07) is 18.0. The molecule has 0 unspecified atom stereocenters. The van der Waals surface area contributed by atoms with E-state index in [-0.39, 0.29) is 18.2 Å². The van der Waals surface area contributed by atoms with Gasteiger partial charge in [-0.1, -0.05) is 48.5 Å². The minimum atomic E-state index is -0.464. The zero-order chi connectivity index (χ0) is 22.3. The molecule has 2 N–H and O–H groups in total. The molecular weight excluding hydrogens is 404 g/mol. The van der Waals surface area contributed by atoms with Gasteiger partial charge in [-0.15, -0.1) is 0 Å². The smallest absolute Gasteiger partial charge is 0.356 e. The number of anilines is 1. The molecule has 1 aromatic heterocycles. The van der Waals surface area contributed by atoms with Gasteiger partial charge in [0.2, 0.25) is 5.91 Å².